The van der Waals surface area contributed by atoms with Crippen molar-refractivity contribution in [2.45, 2.75) is 49.1 Å². The molecule has 1 spiro atoms. The van der Waals surface area contributed by atoms with Crippen LogP contribution in [0.2, 0.25) is 0 Å². The van der Waals surface area contributed by atoms with E-state index in [9.17, 15) is 19.5 Å². The molecule has 2 aromatic rings. The van der Waals surface area contributed by atoms with E-state index in [0.717, 1.165) is 24.2 Å². The van der Waals surface area contributed by atoms with Crippen LogP contribution in [0.1, 0.15) is 30.0 Å². The molecule has 0 aliphatic carbocycles. The zero-order valence-corrected chi connectivity index (χ0v) is 30.6. The summed E-state index contributed by atoms with van der Waals surface area (Å²) in [4.78, 5) is 62.9. The summed E-state index contributed by atoms with van der Waals surface area (Å²) in [5.74, 6) is -3.64. The Morgan fingerprint density at radius 2 is 1.67 bits per heavy atom. The summed E-state index contributed by atoms with van der Waals surface area (Å²) >= 11 is 3.64. The van der Waals surface area contributed by atoms with Gasteiger partial charge in [-0.2, -0.15) is 0 Å². The molecule has 3 amide bonds. The van der Waals surface area contributed by atoms with Gasteiger partial charge in [0.25, 0.3) is 0 Å². The number of benzene rings is 2. The molecule has 0 aromatic heterocycles. The Balaban J connectivity index is 1.30. The Labute approximate surface area is 311 Å². The van der Waals surface area contributed by atoms with E-state index >= 15 is 4.79 Å². The number of aliphatic hydroxyl groups excluding tert-OH is 1. The van der Waals surface area contributed by atoms with Gasteiger partial charge in [0.2, 0.25) is 17.7 Å². The lowest BCUT2D eigenvalue weighted by molar-refractivity contribution is -0.150. The lowest BCUT2D eigenvalue weighted by Gasteiger charge is -2.39. The summed E-state index contributed by atoms with van der Waals surface area (Å²) in [5.41, 5.74) is 0.169. The second kappa shape index (κ2) is 16.0. The number of esters is 1. The third-order valence-corrected chi connectivity index (χ3v) is 11.5. The van der Waals surface area contributed by atoms with E-state index in [0.29, 0.717) is 43.6 Å². The van der Waals surface area contributed by atoms with Crippen molar-refractivity contribution in [3.63, 3.8) is 0 Å². The molecular weight excluding hydrogens is 732 g/mol. The second-order valence-electron chi connectivity index (χ2n) is 14.0. The molecule has 5 aliphatic heterocycles. The molecule has 276 valence electrons. The fraction of sp³-hybridized carbons (Fsp3) is 0.487. The maximum Gasteiger partial charge on any atom is 0.306 e. The first kappa shape index (κ1) is 36.5. The van der Waals surface area contributed by atoms with Gasteiger partial charge in [0, 0.05) is 43.6 Å². The van der Waals surface area contributed by atoms with Crippen LogP contribution in [0.25, 0.3) is 0 Å². The van der Waals surface area contributed by atoms with Gasteiger partial charge in [0.15, 0.2) is 0 Å². The number of ether oxygens (including phenoxy) is 3. The summed E-state index contributed by atoms with van der Waals surface area (Å²) < 4.78 is 18.5. The summed E-state index contributed by atoms with van der Waals surface area (Å²) in [6.45, 7) is 3.40. The van der Waals surface area contributed by atoms with Crippen LogP contribution in [-0.2, 0) is 39.8 Å². The number of aliphatic hydroxyl groups is 1. The van der Waals surface area contributed by atoms with Crippen LogP contribution in [-0.4, -0.2) is 126 Å². The summed E-state index contributed by atoms with van der Waals surface area (Å²) in [6.07, 6.45) is 5.55. The lowest BCUT2D eigenvalue weighted by atomic mass is 9.74. The van der Waals surface area contributed by atoms with E-state index in [1.807, 2.05) is 72.8 Å². The van der Waals surface area contributed by atoms with Gasteiger partial charge in [-0.15, -0.1) is 0 Å². The van der Waals surface area contributed by atoms with Crippen LogP contribution in [0.15, 0.2) is 83.4 Å². The van der Waals surface area contributed by atoms with Gasteiger partial charge in [-0.05, 0) is 30.0 Å². The number of cyclic esters (lactones) is 1. The smallest absolute Gasteiger partial charge is 0.306 e. The molecule has 3 fully saturated rings. The average Bonchev–Trinajstić information content (AvgIpc) is 3.77. The molecule has 5 bridgehead atoms. The first-order valence-electron chi connectivity index (χ1n) is 18.1. The molecule has 3 saturated heterocycles. The van der Waals surface area contributed by atoms with Gasteiger partial charge >= 0.3 is 5.97 Å². The minimum atomic E-state index is -1.46. The standard InChI is InChI=1S/C39H45BrN4O8/c40-29-23-39-33-32(34(29)52-39)36(47)41-30(27-12-6-2-7-13-27)25-51-31(46)14-8-3-9-15-43(17-16-42-18-20-50-21-19-42)38(49)35(39)44(37(33)48)28(24-45)22-26-10-4-1-5-11-26/h1-7,9-13,23,28,30,32-35,45H,8,14-22,24-25H2,(H,41,47)/b9-3-/t28-,30+,32+,33-,34+,35+,39-/m1/s1. The summed E-state index contributed by atoms with van der Waals surface area (Å²) in [6, 6.07) is 16.2. The van der Waals surface area contributed by atoms with Crippen molar-refractivity contribution in [2.24, 2.45) is 11.8 Å². The third-order valence-electron chi connectivity index (χ3n) is 10.9. The lowest BCUT2D eigenvalue weighted by Crippen LogP contribution is -2.59. The van der Waals surface area contributed by atoms with Gasteiger partial charge in [-0.25, -0.2) is 0 Å². The molecular formula is C39H45BrN4O8. The minimum Gasteiger partial charge on any atom is -0.463 e. The maximum atomic E-state index is 15.2. The van der Waals surface area contributed by atoms with Crippen molar-refractivity contribution in [1.82, 2.24) is 20.0 Å². The summed E-state index contributed by atoms with van der Waals surface area (Å²) in [5, 5.41) is 14.0. The Bertz CT molecular complexity index is 1690. The molecule has 5 aliphatic rings. The van der Waals surface area contributed by atoms with E-state index in [1.165, 1.54) is 4.90 Å². The third kappa shape index (κ3) is 7.21. The SMILES string of the molecule is O=C1CC/C=C\CN(CCN2CCOCC2)C(=O)[C@@H]2N([C@@H](CO)Cc3ccccc3)C(=O)[C@H]3[C@H](C(=O)N[C@H](c4ccccc4)CO1)[C@H]1O[C@@]23C=C1Br. The first-order chi connectivity index (χ1) is 25.3. The van der Waals surface area contributed by atoms with Gasteiger partial charge in [-0.1, -0.05) is 88.7 Å². The highest BCUT2D eigenvalue weighted by Crippen LogP contribution is 2.59. The fourth-order valence-electron chi connectivity index (χ4n) is 8.26. The van der Waals surface area contributed by atoms with E-state index < -0.39 is 66.1 Å². The number of carbonyl (C=O) groups excluding carboxylic acids is 4. The maximum absolute atomic E-state index is 15.2. The predicted molar refractivity (Wildman–Crippen MR) is 194 cm³/mol. The Kier molecular flexibility index (Phi) is 11.2. The van der Waals surface area contributed by atoms with E-state index in [4.69, 9.17) is 14.2 Å². The molecule has 7 rings (SSSR count). The Morgan fingerprint density at radius 3 is 2.40 bits per heavy atom. The Morgan fingerprint density at radius 1 is 0.942 bits per heavy atom. The molecule has 7 atom stereocenters. The number of fused-ring (bicyclic) bond motifs is 2. The highest BCUT2D eigenvalue weighted by molar-refractivity contribution is 9.11. The molecule has 0 unspecified atom stereocenters. The number of hydrogen-bond donors (Lipinski definition) is 2. The number of carbonyl (C=O) groups is 4. The van der Waals surface area contributed by atoms with Crippen molar-refractivity contribution < 1.29 is 38.5 Å². The molecule has 0 saturated carbocycles. The van der Waals surface area contributed by atoms with Crippen LogP contribution in [0.5, 0.6) is 0 Å². The van der Waals surface area contributed by atoms with E-state index in [2.05, 4.69) is 26.1 Å². The monoisotopic (exact) mass is 776 g/mol. The van der Waals surface area contributed by atoms with E-state index in [-0.39, 0.29) is 25.5 Å². The Hall–Kier alpha value is -3.88. The van der Waals surface area contributed by atoms with Crippen molar-refractivity contribution in [1.29, 1.82) is 0 Å². The predicted octanol–water partition coefficient (Wildman–Crippen LogP) is 2.37. The molecule has 52 heavy (non-hydrogen) atoms. The van der Waals surface area contributed by atoms with Crippen molar-refractivity contribution in [3.8, 4) is 0 Å². The largest absolute Gasteiger partial charge is 0.463 e. The molecule has 0 radical (unpaired) electrons. The number of allylic oxidation sites excluding steroid dienone is 1. The highest BCUT2D eigenvalue weighted by atomic mass is 79.9. The highest BCUT2D eigenvalue weighted by Gasteiger charge is 2.75. The minimum absolute atomic E-state index is 0.0937. The van der Waals surface area contributed by atoms with Gasteiger partial charge in [0.1, 0.15) is 24.4 Å². The van der Waals surface area contributed by atoms with Gasteiger partial charge < -0.3 is 34.4 Å². The van der Waals surface area contributed by atoms with Crippen LogP contribution in [0.3, 0.4) is 0 Å². The van der Waals surface area contributed by atoms with Crippen molar-refractivity contribution in [3.05, 3.63) is 94.5 Å². The number of hydrogen-bond acceptors (Lipinski definition) is 9. The number of likely N-dealkylation sites (tertiary alicyclic amines) is 1. The molecule has 12 nitrogen and oxygen atoms in total. The average molecular weight is 778 g/mol. The van der Waals surface area contributed by atoms with Crippen molar-refractivity contribution in [2.75, 3.05) is 59.2 Å². The van der Waals surface area contributed by atoms with Crippen molar-refractivity contribution >= 4 is 39.6 Å². The number of nitrogens with zero attached hydrogens (tertiary/aromatic N) is 3. The van der Waals surface area contributed by atoms with Crippen LogP contribution < -0.4 is 5.32 Å². The van der Waals surface area contributed by atoms with E-state index in [1.54, 1.807) is 11.0 Å². The molecule has 2 N–H and O–H groups in total. The van der Waals surface area contributed by atoms with Crippen LogP contribution >= 0.6 is 15.9 Å². The molecule has 5 heterocycles. The normalized spacial score (nSPS) is 31.2. The summed E-state index contributed by atoms with van der Waals surface area (Å²) in [7, 11) is 0. The number of amides is 3. The first-order valence-corrected chi connectivity index (χ1v) is 18.9. The fourth-order valence-corrected chi connectivity index (χ4v) is 9.00. The van der Waals surface area contributed by atoms with Gasteiger partial charge in [0.05, 0.1) is 43.7 Å². The van der Waals surface area contributed by atoms with Crippen LogP contribution in [0.4, 0.5) is 0 Å². The number of nitrogens with one attached hydrogen (secondary N) is 1. The second-order valence-corrected chi connectivity index (χ2v) is 14.9. The van der Waals surface area contributed by atoms with Gasteiger partial charge in [-0.3, -0.25) is 24.1 Å². The van der Waals surface area contributed by atoms with Crippen LogP contribution in [0, 0.1) is 11.8 Å². The topological polar surface area (TPSA) is 138 Å². The number of rotatable bonds is 8. The quantitative estimate of drug-likeness (QED) is 0.306. The number of morpholine rings is 1. The molecule has 2 aromatic carbocycles. The zero-order valence-electron chi connectivity index (χ0n) is 29.0. The number of halogens is 1. The zero-order chi connectivity index (χ0) is 36.2. The molecule has 13 heteroatoms.